The van der Waals surface area contributed by atoms with Crippen LogP contribution in [0.2, 0.25) is 0 Å². The molecule has 0 bridgehead atoms. The summed E-state index contributed by atoms with van der Waals surface area (Å²) in [5, 5.41) is 7.59. The molecule has 4 nitrogen and oxygen atoms in total. The number of nitrogens with one attached hydrogen (secondary N) is 1. The Morgan fingerprint density at radius 1 is 1.26 bits per heavy atom. The van der Waals surface area contributed by atoms with E-state index in [1.807, 2.05) is 56.2 Å². The molecule has 2 unspecified atom stereocenters. The fraction of sp³-hybridized carbons (Fsp3) is 0.400. The Morgan fingerprint density at radius 3 is 2.53 bits per heavy atom. The first-order valence-electron chi connectivity index (χ1n) is 6.59. The van der Waals surface area contributed by atoms with Gasteiger partial charge in [0.1, 0.15) is 6.10 Å². The van der Waals surface area contributed by atoms with Crippen molar-refractivity contribution in [3.8, 4) is 0 Å². The van der Waals surface area contributed by atoms with Crippen LogP contribution in [0.3, 0.4) is 0 Å². The van der Waals surface area contributed by atoms with Crippen LogP contribution < -0.4 is 5.32 Å². The summed E-state index contributed by atoms with van der Waals surface area (Å²) >= 11 is 0. The second-order valence-corrected chi connectivity index (χ2v) is 4.43. The number of aromatic nitrogens is 2. The third-order valence-electron chi connectivity index (χ3n) is 3.27. The van der Waals surface area contributed by atoms with Crippen LogP contribution in [0.15, 0.2) is 42.6 Å². The van der Waals surface area contributed by atoms with Crippen molar-refractivity contribution in [2.75, 3.05) is 13.7 Å². The predicted molar refractivity (Wildman–Crippen MR) is 75.8 cm³/mol. The SMILES string of the molecule is CCOC(c1ccccc1)C(NC)c1ccnn1C. The first-order valence-corrected chi connectivity index (χ1v) is 6.59. The van der Waals surface area contributed by atoms with Gasteiger partial charge in [-0.3, -0.25) is 4.68 Å². The van der Waals surface area contributed by atoms with E-state index in [2.05, 4.69) is 22.5 Å². The average Bonchev–Trinajstić information content (AvgIpc) is 2.86. The van der Waals surface area contributed by atoms with Gasteiger partial charge in [-0.1, -0.05) is 30.3 Å². The summed E-state index contributed by atoms with van der Waals surface area (Å²) in [6.07, 6.45) is 1.79. The van der Waals surface area contributed by atoms with Gasteiger partial charge in [-0.05, 0) is 25.6 Å². The van der Waals surface area contributed by atoms with Crippen LogP contribution >= 0.6 is 0 Å². The summed E-state index contributed by atoms with van der Waals surface area (Å²) in [7, 11) is 3.90. The molecule has 1 aromatic carbocycles. The zero-order valence-electron chi connectivity index (χ0n) is 11.7. The molecule has 0 aliphatic carbocycles. The van der Waals surface area contributed by atoms with E-state index >= 15 is 0 Å². The molecule has 0 aliphatic heterocycles. The molecule has 0 amide bonds. The molecular formula is C15H21N3O. The number of hydrogen-bond donors (Lipinski definition) is 1. The molecule has 0 saturated carbocycles. The van der Waals surface area contributed by atoms with Crippen molar-refractivity contribution in [1.29, 1.82) is 0 Å². The number of hydrogen-bond acceptors (Lipinski definition) is 3. The zero-order chi connectivity index (χ0) is 13.7. The summed E-state index contributed by atoms with van der Waals surface area (Å²) in [6.45, 7) is 2.70. The normalized spacial score (nSPS) is 14.3. The number of aryl methyl sites for hydroxylation is 1. The van der Waals surface area contributed by atoms with Crippen molar-refractivity contribution in [3.05, 3.63) is 53.9 Å². The molecule has 1 N–H and O–H groups in total. The van der Waals surface area contributed by atoms with Gasteiger partial charge < -0.3 is 10.1 Å². The van der Waals surface area contributed by atoms with Gasteiger partial charge in [0.15, 0.2) is 0 Å². The standard InChI is InChI=1S/C15H21N3O/c1-4-19-15(12-8-6-5-7-9-12)14(16-2)13-10-11-17-18(13)3/h5-11,14-16H,4H2,1-3H3. The van der Waals surface area contributed by atoms with E-state index in [1.54, 1.807) is 0 Å². The van der Waals surface area contributed by atoms with Gasteiger partial charge in [0.2, 0.25) is 0 Å². The summed E-state index contributed by atoms with van der Waals surface area (Å²) in [6, 6.07) is 12.4. The van der Waals surface area contributed by atoms with Crippen molar-refractivity contribution >= 4 is 0 Å². The van der Waals surface area contributed by atoms with Crippen molar-refractivity contribution in [2.45, 2.75) is 19.1 Å². The fourth-order valence-corrected chi connectivity index (χ4v) is 2.35. The third-order valence-corrected chi connectivity index (χ3v) is 3.27. The van der Waals surface area contributed by atoms with E-state index in [1.165, 1.54) is 5.56 Å². The Bertz CT molecular complexity index is 495. The molecule has 4 heteroatoms. The molecular weight excluding hydrogens is 238 g/mol. The van der Waals surface area contributed by atoms with Crippen LogP contribution in [0, 0.1) is 0 Å². The Balaban J connectivity index is 2.34. The van der Waals surface area contributed by atoms with Crippen LogP contribution in [0.4, 0.5) is 0 Å². The van der Waals surface area contributed by atoms with Crippen molar-refractivity contribution < 1.29 is 4.74 Å². The molecule has 0 fully saturated rings. The smallest absolute Gasteiger partial charge is 0.103 e. The molecule has 102 valence electrons. The molecule has 2 rings (SSSR count). The van der Waals surface area contributed by atoms with E-state index in [-0.39, 0.29) is 12.1 Å². The van der Waals surface area contributed by atoms with Gasteiger partial charge in [-0.25, -0.2) is 0 Å². The topological polar surface area (TPSA) is 39.1 Å². The van der Waals surface area contributed by atoms with E-state index < -0.39 is 0 Å². The Labute approximate surface area is 114 Å². The third kappa shape index (κ3) is 3.03. The minimum absolute atomic E-state index is 0.0217. The molecule has 1 aromatic heterocycles. The fourth-order valence-electron chi connectivity index (χ4n) is 2.35. The van der Waals surface area contributed by atoms with E-state index in [0.717, 1.165) is 5.69 Å². The van der Waals surface area contributed by atoms with Crippen LogP contribution in [-0.2, 0) is 11.8 Å². The molecule has 2 atom stereocenters. The highest BCUT2D eigenvalue weighted by Crippen LogP contribution is 2.31. The second kappa shape index (κ2) is 6.50. The number of likely N-dealkylation sites (N-methyl/N-ethyl adjacent to an activating group) is 1. The maximum Gasteiger partial charge on any atom is 0.103 e. The predicted octanol–water partition coefficient (Wildman–Crippen LogP) is 2.46. The summed E-state index contributed by atoms with van der Waals surface area (Å²) in [4.78, 5) is 0. The van der Waals surface area contributed by atoms with E-state index in [9.17, 15) is 0 Å². The first-order chi connectivity index (χ1) is 9.27. The molecule has 0 radical (unpaired) electrons. The lowest BCUT2D eigenvalue weighted by atomic mass is 9.99. The van der Waals surface area contributed by atoms with Gasteiger partial charge >= 0.3 is 0 Å². The first kappa shape index (κ1) is 13.8. The number of rotatable bonds is 6. The Hall–Kier alpha value is -1.65. The largest absolute Gasteiger partial charge is 0.372 e. The molecule has 1 heterocycles. The maximum absolute atomic E-state index is 5.96. The van der Waals surface area contributed by atoms with Crippen LogP contribution in [-0.4, -0.2) is 23.4 Å². The van der Waals surface area contributed by atoms with E-state index in [4.69, 9.17) is 4.74 Å². The number of nitrogens with zero attached hydrogens (tertiary/aromatic N) is 2. The maximum atomic E-state index is 5.96. The van der Waals surface area contributed by atoms with Crippen molar-refractivity contribution in [3.63, 3.8) is 0 Å². The van der Waals surface area contributed by atoms with Crippen molar-refractivity contribution in [1.82, 2.24) is 15.1 Å². The lowest BCUT2D eigenvalue weighted by Gasteiger charge is -2.27. The van der Waals surface area contributed by atoms with Gasteiger partial charge in [-0.15, -0.1) is 0 Å². The minimum atomic E-state index is -0.0217. The molecule has 19 heavy (non-hydrogen) atoms. The summed E-state index contributed by atoms with van der Waals surface area (Å²) < 4.78 is 7.84. The quantitative estimate of drug-likeness (QED) is 0.866. The van der Waals surface area contributed by atoms with Crippen molar-refractivity contribution in [2.24, 2.45) is 7.05 Å². The Morgan fingerprint density at radius 2 is 2.00 bits per heavy atom. The highest BCUT2D eigenvalue weighted by Gasteiger charge is 2.25. The molecule has 0 aliphatic rings. The lowest BCUT2D eigenvalue weighted by Crippen LogP contribution is -2.27. The summed E-state index contributed by atoms with van der Waals surface area (Å²) in [5.41, 5.74) is 2.29. The van der Waals surface area contributed by atoms with Gasteiger partial charge in [-0.2, -0.15) is 5.10 Å². The zero-order valence-corrected chi connectivity index (χ0v) is 11.7. The number of benzene rings is 1. The van der Waals surface area contributed by atoms with Gasteiger partial charge in [0.25, 0.3) is 0 Å². The highest BCUT2D eigenvalue weighted by atomic mass is 16.5. The average molecular weight is 259 g/mol. The lowest BCUT2D eigenvalue weighted by molar-refractivity contribution is 0.0326. The molecule has 0 spiro atoms. The monoisotopic (exact) mass is 259 g/mol. The van der Waals surface area contributed by atoms with Gasteiger partial charge in [0, 0.05) is 19.9 Å². The molecule has 2 aromatic rings. The Kier molecular flexibility index (Phi) is 4.71. The van der Waals surface area contributed by atoms with Crippen LogP contribution in [0.1, 0.15) is 30.3 Å². The minimum Gasteiger partial charge on any atom is -0.372 e. The highest BCUT2D eigenvalue weighted by molar-refractivity contribution is 5.22. The molecule has 0 saturated heterocycles. The van der Waals surface area contributed by atoms with Crippen LogP contribution in [0.25, 0.3) is 0 Å². The second-order valence-electron chi connectivity index (χ2n) is 4.43. The van der Waals surface area contributed by atoms with E-state index in [0.29, 0.717) is 6.61 Å². The van der Waals surface area contributed by atoms with Gasteiger partial charge in [0.05, 0.1) is 11.7 Å². The number of ether oxygens (including phenoxy) is 1. The summed E-state index contributed by atoms with van der Waals surface area (Å²) in [5.74, 6) is 0. The van der Waals surface area contributed by atoms with Crippen LogP contribution in [0.5, 0.6) is 0 Å².